The number of nitrogens with zero attached hydrogens (tertiary/aromatic N) is 1. The first kappa shape index (κ1) is 10.4. The van der Waals surface area contributed by atoms with Gasteiger partial charge in [0, 0.05) is 0 Å². The zero-order chi connectivity index (χ0) is 11.5. The lowest BCUT2D eigenvalue weighted by molar-refractivity contribution is 1.39. The summed E-state index contributed by atoms with van der Waals surface area (Å²) in [6, 6.07) is 16.3. The van der Waals surface area contributed by atoms with Crippen LogP contribution in [0.5, 0.6) is 0 Å². The quantitative estimate of drug-likeness (QED) is 0.697. The Hall–Kier alpha value is -2.07. The monoisotopic (exact) mass is 207 g/mol. The molecule has 0 fully saturated rings. The van der Waals surface area contributed by atoms with E-state index < -0.39 is 0 Å². The molecule has 0 bridgehead atoms. The van der Waals surface area contributed by atoms with Gasteiger partial charge in [-0.2, -0.15) is 5.26 Å². The highest BCUT2D eigenvalue weighted by Crippen LogP contribution is 2.26. The maximum Gasteiger partial charge on any atom is 0.0991 e. The first-order valence-corrected chi connectivity index (χ1v) is 5.29. The van der Waals surface area contributed by atoms with Crippen molar-refractivity contribution in [3.05, 3.63) is 59.2 Å². The summed E-state index contributed by atoms with van der Waals surface area (Å²) in [5.74, 6) is 0. The van der Waals surface area contributed by atoms with Crippen LogP contribution in [0.1, 0.15) is 16.7 Å². The molecule has 0 radical (unpaired) electrons. The zero-order valence-corrected chi connectivity index (χ0v) is 9.49. The molecule has 0 aliphatic rings. The lowest BCUT2D eigenvalue weighted by Gasteiger charge is -2.09. The third-order valence-electron chi connectivity index (χ3n) is 2.79. The van der Waals surface area contributed by atoms with Crippen LogP contribution < -0.4 is 0 Å². The molecular formula is C15H13N. The van der Waals surface area contributed by atoms with Gasteiger partial charge in [0.15, 0.2) is 0 Å². The number of benzene rings is 2. The Morgan fingerprint density at radius 2 is 1.56 bits per heavy atom. The average Bonchev–Trinajstić information content (AvgIpc) is 2.30. The third kappa shape index (κ3) is 1.83. The largest absolute Gasteiger partial charge is 0.192 e. The minimum absolute atomic E-state index is 0.717. The number of rotatable bonds is 1. The van der Waals surface area contributed by atoms with Crippen molar-refractivity contribution < 1.29 is 0 Å². The molecule has 0 spiro atoms. The lowest BCUT2D eigenvalue weighted by Crippen LogP contribution is -1.87. The van der Waals surface area contributed by atoms with Crippen molar-refractivity contribution in [2.24, 2.45) is 0 Å². The molecule has 0 aliphatic carbocycles. The maximum absolute atomic E-state index is 8.83. The first-order valence-electron chi connectivity index (χ1n) is 5.29. The van der Waals surface area contributed by atoms with Gasteiger partial charge in [0.25, 0.3) is 0 Å². The van der Waals surface area contributed by atoms with E-state index in [1.165, 1.54) is 16.7 Å². The van der Waals surface area contributed by atoms with E-state index in [1.54, 1.807) is 0 Å². The molecule has 1 nitrogen and oxygen atoms in total. The molecule has 0 amide bonds. The highest BCUT2D eigenvalue weighted by atomic mass is 14.2. The van der Waals surface area contributed by atoms with E-state index in [0.717, 1.165) is 11.1 Å². The van der Waals surface area contributed by atoms with E-state index in [9.17, 15) is 0 Å². The highest BCUT2D eigenvalue weighted by Gasteiger charge is 2.04. The van der Waals surface area contributed by atoms with Gasteiger partial charge >= 0.3 is 0 Å². The van der Waals surface area contributed by atoms with Crippen LogP contribution in [0, 0.1) is 25.2 Å². The Morgan fingerprint density at radius 1 is 0.875 bits per heavy atom. The number of aryl methyl sites for hydroxylation is 2. The van der Waals surface area contributed by atoms with Crippen molar-refractivity contribution >= 4 is 0 Å². The summed E-state index contributed by atoms with van der Waals surface area (Å²) in [6.07, 6.45) is 0. The van der Waals surface area contributed by atoms with Gasteiger partial charge in [0.05, 0.1) is 11.6 Å². The topological polar surface area (TPSA) is 23.8 Å². The molecule has 0 aromatic heterocycles. The normalized spacial score (nSPS) is 9.81. The predicted molar refractivity (Wildman–Crippen MR) is 66.1 cm³/mol. The van der Waals surface area contributed by atoms with Crippen LogP contribution in [0.3, 0.4) is 0 Å². The van der Waals surface area contributed by atoms with Gasteiger partial charge in [-0.1, -0.05) is 30.3 Å². The number of nitriles is 1. The lowest BCUT2D eigenvalue weighted by atomic mass is 9.95. The molecule has 0 heterocycles. The molecule has 1 heteroatoms. The summed E-state index contributed by atoms with van der Waals surface area (Å²) in [4.78, 5) is 0. The Balaban J connectivity index is 2.58. The van der Waals surface area contributed by atoms with E-state index >= 15 is 0 Å². The number of hydrogen-bond acceptors (Lipinski definition) is 1. The van der Waals surface area contributed by atoms with Crippen molar-refractivity contribution in [2.45, 2.75) is 13.8 Å². The van der Waals surface area contributed by atoms with Crippen molar-refractivity contribution in [3.8, 4) is 17.2 Å². The SMILES string of the molecule is Cc1ccccc1-c1ccc(C#N)cc1C. The summed E-state index contributed by atoms with van der Waals surface area (Å²) in [5.41, 5.74) is 5.57. The second-order valence-electron chi connectivity index (χ2n) is 3.96. The molecule has 2 rings (SSSR count). The smallest absolute Gasteiger partial charge is 0.0991 e. The molecule has 0 atom stereocenters. The minimum Gasteiger partial charge on any atom is -0.192 e. The maximum atomic E-state index is 8.83. The van der Waals surface area contributed by atoms with E-state index in [2.05, 4.69) is 25.1 Å². The Morgan fingerprint density at radius 3 is 2.19 bits per heavy atom. The molecule has 2 aromatic rings. The molecular weight excluding hydrogens is 194 g/mol. The van der Waals surface area contributed by atoms with Crippen molar-refractivity contribution in [1.82, 2.24) is 0 Å². The van der Waals surface area contributed by atoms with Crippen LogP contribution in [0.25, 0.3) is 11.1 Å². The third-order valence-corrected chi connectivity index (χ3v) is 2.79. The molecule has 0 unspecified atom stereocenters. The van der Waals surface area contributed by atoms with Gasteiger partial charge < -0.3 is 0 Å². The van der Waals surface area contributed by atoms with E-state index in [1.807, 2.05) is 37.3 Å². The molecule has 2 aromatic carbocycles. The average molecular weight is 207 g/mol. The molecule has 0 saturated carbocycles. The van der Waals surface area contributed by atoms with Gasteiger partial charge in [-0.25, -0.2) is 0 Å². The fourth-order valence-corrected chi connectivity index (χ4v) is 1.91. The van der Waals surface area contributed by atoms with Crippen LogP contribution in [0.4, 0.5) is 0 Å². The Kier molecular flexibility index (Phi) is 2.74. The van der Waals surface area contributed by atoms with Crippen molar-refractivity contribution in [3.63, 3.8) is 0 Å². The summed E-state index contributed by atoms with van der Waals surface area (Å²) in [5, 5.41) is 8.83. The van der Waals surface area contributed by atoms with Gasteiger partial charge in [-0.05, 0) is 48.2 Å². The second kappa shape index (κ2) is 4.20. The van der Waals surface area contributed by atoms with E-state index in [-0.39, 0.29) is 0 Å². The van der Waals surface area contributed by atoms with Crippen LogP contribution in [0.15, 0.2) is 42.5 Å². The van der Waals surface area contributed by atoms with Gasteiger partial charge in [-0.15, -0.1) is 0 Å². The standard InChI is InChI=1S/C15H13N/c1-11-5-3-4-6-14(11)15-8-7-13(10-16)9-12(15)2/h3-9H,1-2H3. The van der Waals surface area contributed by atoms with Gasteiger partial charge in [0.2, 0.25) is 0 Å². The summed E-state index contributed by atoms with van der Waals surface area (Å²) in [7, 11) is 0. The molecule has 0 saturated heterocycles. The Bertz CT molecular complexity index is 562. The van der Waals surface area contributed by atoms with Crippen molar-refractivity contribution in [2.75, 3.05) is 0 Å². The van der Waals surface area contributed by atoms with Crippen LogP contribution in [0.2, 0.25) is 0 Å². The minimum atomic E-state index is 0.717. The first-order chi connectivity index (χ1) is 7.72. The van der Waals surface area contributed by atoms with Crippen LogP contribution >= 0.6 is 0 Å². The summed E-state index contributed by atoms with van der Waals surface area (Å²) in [6.45, 7) is 4.15. The predicted octanol–water partition coefficient (Wildman–Crippen LogP) is 3.84. The van der Waals surface area contributed by atoms with Crippen LogP contribution in [-0.2, 0) is 0 Å². The van der Waals surface area contributed by atoms with E-state index in [0.29, 0.717) is 0 Å². The van der Waals surface area contributed by atoms with Crippen molar-refractivity contribution in [1.29, 1.82) is 5.26 Å². The van der Waals surface area contributed by atoms with E-state index in [4.69, 9.17) is 5.26 Å². The summed E-state index contributed by atoms with van der Waals surface area (Å²) >= 11 is 0. The molecule has 16 heavy (non-hydrogen) atoms. The number of hydrogen-bond donors (Lipinski definition) is 0. The second-order valence-corrected chi connectivity index (χ2v) is 3.96. The van der Waals surface area contributed by atoms with Gasteiger partial charge in [-0.3, -0.25) is 0 Å². The highest BCUT2D eigenvalue weighted by molar-refractivity contribution is 5.71. The fraction of sp³-hybridized carbons (Fsp3) is 0.133. The molecule has 0 aliphatic heterocycles. The Labute approximate surface area is 96.0 Å². The summed E-state index contributed by atoms with van der Waals surface area (Å²) < 4.78 is 0. The van der Waals surface area contributed by atoms with Gasteiger partial charge in [0.1, 0.15) is 0 Å². The fourth-order valence-electron chi connectivity index (χ4n) is 1.91. The van der Waals surface area contributed by atoms with Crippen LogP contribution in [-0.4, -0.2) is 0 Å². The molecule has 0 N–H and O–H groups in total. The molecule has 78 valence electrons. The zero-order valence-electron chi connectivity index (χ0n) is 9.49.